The topological polar surface area (TPSA) is 29.5 Å². The van der Waals surface area contributed by atoms with E-state index < -0.39 is 0 Å². The predicted octanol–water partition coefficient (Wildman–Crippen LogP) is 1.06. The SMILES string of the molecule is O=C1CCC2=C1N1CCC[C@@H]1OC2. The summed E-state index contributed by atoms with van der Waals surface area (Å²) >= 11 is 0. The van der Waals surface area contributed by atoms with Crippen LogP contribution in [0, 0.1) is 0 Å². The van der Waals surface area contributed by atoms with E-state index in [1.807, 2.05) is 0 Å². The molecule has 0 aromatic carbocycles. The van der Waals surface area contributed by atoms with E-state index in [2.05, 4.69) is 4.90 Å². The maximum Gasteiger partial charge on any atom is 0.179 e. The molecule has 0 aromatic rings. The summed E-state index contributed by atoms with van der Waals surface area (Å²) in [5.74, 6) is 0.338. The Morgan fingerprint density at radius 3 is 3.23 bits per heavy atom. The zero-order chi connectivity index (χ0) is 8.84. The number of hydrogen-bond donors (Lipinski definition) is 0. The predicted molar refractivity (Wildman–Crippen MR) is 46.9 cm³/mol. The molecular weight excluding hydrogens is 166 g/mol. The highest BCUT2D eigenvalue weighted by Crippen LogP contribution is 2.36. The lowest BCUT2D eigenvalue weighted by atomic mass is 10.2. The molecule has 0 saturated carbocycles. The second kappa shape index (κ2) is 2.58. The van der Waals surface area contributed by atoms with Crippen LogP contribution in [0.4, 0.5) is 0 Å². The molecule has 2 heterocycles. The van der Waals surface area contributed by atoms with Crippen LogP contribution in [0.1, 0.15) is 25.7 Å². The van der Waals surface area contributed by atoms with Crippen LogP contribution in [0.5, 0.6) is 0 Å². The third kappa shape index (κ3) is 0.967. The number of carbonyl (C=O) groups excluding carboxylic acids is 1. The third-order valence-corrected chi connectivity index (χ3v) is 3.19. The molecule has 1 aliphatic carbocycles. The van der Waals surface area contributed by atoms with E-state index in [9.17, 15) is 4.79 Å². The van der Waals surface area contributed by atoms with Gasteiger partial charge < -0.3 is 9.64 Å². The maximum absolute atomic E-state index is 11.6. The number of ether oxygens (including phenoxy) is 1. The number of ketones is 1. The molecule has 3 aliphatic rings. The molecule has 0 spiro atoms. The molecule has 0 radical (unpaired) electrons. The van der Waals surface area contributed by atoms with Gasteiger partial charge in [-0.15, -0.1) is 0 Å². The molecule has 13 heavy (non-hydrogen) atoms. The number of carbonyl (C=O) groups is 1. The van der Waals surface area contributed by atoms with Crippen LogP contribution >= 0.6 is 0 Å². The minimum atomic E-state index is 0.209. The van der Waals surface area contributed by atoms with Crippen molar-refractivity contribution >= 4 is 5.78 Å². The van der Waals surface area contributed by atoms with Gasteiger partial charge >= 0.3 is 0 Å². The second-order valence-electron chi connectivity index (χ2n) is 3.98. The first-order valence-electron chi connectivity index (χ1n) is 5.00. The molecule has 0 bridgehead atoms. The molecule has 3 heteroatoms. The van der Waals surface area contributed by atoms with Crippen molar-refractivity contribution in [2.45, 2.75) is 31.9 Å². The smallest absolute Gasteiger partial charge is 0.179 e. The number of Topliss-reactive ketones (excluding diaryl/α,β-unsaturated/α-hetero) is 1. The van der Waals surface area contributed by atoms with Gasteiger partial charge in [0.2, 0.25) is 0 Å². The molecular formula is C10H13NO2. The van der Waals surface area contributed by atoms with E-state index in [0.717, 1.165) is 31.5 Å². The summed E-state index contributed by atoms with van der Waals surface area (Å²) in [5.41, 5.74) is 2.25. The van der Waals surface area contributed by atoms with Gasteiger partial charge in [-0.2, -0.15) is 0 Å². The van der Waals surface area contributed by atoms with Crippen molar-refractivity contribution in [3.8, 4) is 0 Å². The van der Waals surface area contributed by atoms with Crippen molar-refractivity contribution in [3.63, 3.8) is 0 Å². The first-order valence-corrected chi connectivity index (χ1v) is 5.00. The molecule has 3 nitrogen and oxygen atoms in total. The largest absolute Gasteiger partial charge is 0.354 e. The van der Waals surface area contributed by atoms with Gasteiger partial charge in [0.05, 0.1) is 12.3 Å². The maximum atomic E-state index is 11.6. The average molecular weight is 179 g/mol. The molecule has 0 unspecified atom stereocenters. The van der Waals surface area contributed by atoms with Gasteiger partial charge in [-0.3, -0.25) is 4.79 Å². The summed E-state index contributed by atoms with van der Waals surface area (Å²) in [6.07, 6.45) is 4.09. The van der Waals surface area contributed by atoms with Gasteiger partial charge in [0.15, 0.2) is 5.78 Å². The van der Waals surface area contributed by atoms with Crippen molar-refractivity contribution in [2.24, 2.45) is 0 Å². The first kappa shape index (κ1) is 7.56. The summed E-state index contributed by atoms with van der Waals surface area (Å²) in [4.78, 5) is 13.8. The molecule has 0 aromatic heterocycles. The summed E-state index contributed by atoms with van der Waals surface area (Å²) in [7, 11) is 0. The zero-order valence-corrected chi connectivity index (χ0v) is 7.58. The van der Waals surface area contributed by atoms with Crippen LogP contribution in [0.15, 0.2) is 11.3 Å². The molecule has 1 atom stereocenters. The van der Waals surface area contributed by atoms with E-state index in [1.54, 1.807) is 0 Å². The van der Waals surface area contributed by atoms with Gasteiger partial charge in [0.25, 0.3) is 0 Å². The van der Waals surface area contributed by atoms with Crippen molar-refractivity contribution < 1.29 is 9.53 Å². The monoisotopic (exact) mass is 179 g/mol. The van der Waals surface area contributed by atoms with E-state index in [0.29, 0.717) is 18.8 Å². The van der Waals surface area contributed by atoms with E-state index in [4.69, 9.17) is 4.74 Å². The fraction of sp³-hybridized carbons (Fsp3) is 0.700. The molecule has 2 aliphatic heterocycles. The van der Waals surface area contributed by atoms with Crippen LogP contribution in [0.3, 0.4) is 0 Å². The minimum absolute atomic E-state index is 0.209. The van der Waals surface area contributed by atoms with Crippen molar-refractivity contribution in [2.75, 3.05) is 13.2 Å². The Kier molecular flexibility index (Phi) is 1.50. The highest BCUT2D eigenvalue weighted by atomic mass is 16.5. The lowest BCUT2D eigenvalue weighted by Crippen LogP contribution is -2.37. The Labute approximate surface area is 77.4 Å². The molecule has 70 valence electrons. The highest BCUT2D eigenvalue weighted by Gasteiger charge is 2.38. The van der Waals surface area contributed by atoms with Gasteiger partial charge in [0.1, 0.15) is 6.23 Å². The van der Waals surface area contributed by atoms with Crippen molar-refractivity contribution in [3.05, 3.63) is 11.3 Å². The van der Waals surface area contributed by atoms with Gasteiger partial charge in [-0.25, -0.2) is 0 Å². The fourth-order valence-electron chi connectivity index (χ4n) is 2.56. The first-order chi connectivity index (χ1) is 6.36. The summed E-state index contributed by atoms with van der Waals surface area (Å²) < 4.78 is 5.68. The lowest BCUT2D eigenvalue weighted by Gasteiger charge is -2.32. The minimum Gasteiger partial charge on any atom is -0.354 e. The standard InChI is InChI=1S/C10H13NO2/c12-8-4-3-7-6-13-9-2-1-5-11(9)10(7)8/h9H,1-6H2/t9-/m0/s1. The number of fused-ring (bicyclic) bond motifs is 2. The summed E-state index contributed by atoms with van der Waals surface area (Å²) in [6.45, 7) is 1.71. The molecule has 1 saturated heterocycles. The average Bonchev–Trinajstić information content (AvgIpc) is 2.70. The zero-order valence-electron chi connectivity index (χ0n) is 7.58. The Hall–Kier alpha value is -0.830. The van der Waals surface area contributed by atoms with Gasteiger partial charge in [0, 0.05) is 13.0 Å². The van der Waals surface area contributed by atoms with Crippen LogP contribution < -0.4 is 0 Å². The van der Waals surface area contributed by atoms with Crippen LogP contribution in [0.25, 0.3) is 0 Å². The van der Waals surface area contributed by atoms with Crippen molar-refractivity contribution in [1.29, 1.82) is 0 Å². The molecule has 0 N–H and O–H groups in total. The summed E-state index contributed by atoms with van der Waals surface area (Å²) in [6, 6.07) is 0. The third-order valence-electron chi connectivity index (χ3n) is 3.19. The Balaban J connectivity index is 2.00. The Morgan fingerprint density at radius 2 is 2.31 bits per heavy atom. The number of allylic oxidation sites excluding steroid dienone is 1. The number of hydrogen-bond acceptors (Lipinski definition) is 3. The van der Waals surface area contributed by atoms with Crippen LogP contribution in [-0.2, 0) is 9.53 Å². The van der Waals surface area contributed by atoms with Crippen LogP contribution in [-0.4, -0.2) is 30.1 Å². The van der Waals surface area contributed by atoms with E-state index in [-0.39, 0.29) is 6.23 Å². The normalized spacial score (nSPS) is 32.5. The van der Waals surface area contributed by atoms with Crippen LogP contribution in [0.2, 0.25) is 0 Å². The highest BCUT2D eigenvalue weighted by molar-refractivity contribution is 5.98. The Morgan fingerprint density at radius 1 is 1.38 bits per heavy atom. The molecule has 1 fully saturated rings. The number of nitrogens with zero attached hydrogens (tertiary/aromatic N) is 1. The molecule has 0 amide bonds. The second-order valence-corrected chi connectivity index (χ2v) is 3.98. The Bertz CT molecular complexity index is 295. The fourth-order valence-corrected chi connectivity index (χ4v) is 2.56. The van der Waals surface area contributed by atoms with Gasteiger partial charge in [-0.05, 0) is 24.8 Å². The lowest BCUT2D eigenvalue weighted by molar-refractivity contribution is -0.118. The van der Waals surface area contributed by atoms with E-state index in [1.165, 1.54) is 5.57 Å². The van der Waals surface area contributed by atoms with Gasteiger partial charge in [-0.1, -0.05) is 0 Å². The quantitative estimate of drug-likeness (QED) is 0.556. The number of rotatable bonds is 0. The van der Waals surface area contributed by atoms with Crippen molar-refractivity contribution in [1.82, 2.24) is 4.90 Å². The summed E-state index contributed by atoms with van der Waals surface area (Å²) in [5, 5.41) is 0. The molecule has 3 rings (SSSR count). The van der Waals surface area contributed by atoms with E-state index >= 15 is 0 Å².